The zero-order chi connectivity index (χ0) is 15.5. The first kappa shape index (κ1) is 15.3. The lowest BCUT2D eigenvalue weighted by Gasteiger charge is -2.19. The second-order valence-electron chi connectivity index (χ2n) is 5.37. The Morgan fingerprint density at radius 1 is 1.33 bits per heavy atom. The van der Waals surface area contributed by atoms with E-state index in [2.05, 4.69) is 15.5 Å². The van der Waals surface area contributed by atoms with Gasteiger partial charge in [0, 0.05) is 10.6 Å². The summed E-state index contributed by atoms with van der Waals surface area (Å²) in [6.45, 7) is 5.48. The van der Waals surface area contributed by atoms with E-state index in [0.29, 0.717) is 16.7 Å². The van der Waals surface area contributed by atoms with Gasteiger partial charge in [0.15, 0.2) is 0 Å². The lowest BCUT2D eigenvalue weighted by molar-refractivity contribution is 0.0518. The molecule has 1 heterocycles. The molecule has 7 heteroatoms. The van der Waals surface area contributed by atoms with Crippen LogP contribution in [0.25, 0.3) is 11.4 Å². The third kappa shape index (κ3) is 4.75. The number of rotatable bonds is 3. The van der Waals surface area contributed by atoms with E-state index in [1.165, 1.54) is 0 Å². The summed E-state index contributed by atoms with van der Waals surface area (Å²) < 4.78 is 10.2. The number of hydrogen-bond acceptors (Lipinski definition) is 5. The first-order valence-corrected chi connectivity index (χ1v) is 6.77. The molecule has 2 aromatic rings. The fourth-order valence-corrected chi connectivity index (χ4v) is 1.63. The maximum absolute atomic E-state index is 11.5. The smallest absolute Gasteiger partial charge is 0.408 e. The molecular weight excluding hydrogens is 294 g/mol. The molecule has 0 aliphatic heterocycles. The molecule has 0 spiro atoms. The first-order chi connectivity index (χ1) is 9.83. The van der Waals surface area contributed by atoms with Crippen LogP contribution in [0.1, 0.15) is 26.7 Å². The normalized spacial score (nSPS) is 11.2. The Morgan fingerprint density at radius 3 is 2.62 bits per heavy atom. The van der Waals surface area contributed by atoms with Gasteiger partial charge in [-0.2, -0.15) is 4.98 Å². The van der Waals surface area contributed by atoms with Gasteiger partial charge in [-0.15, -0.1) is 0 Å². The average molecular weight is 310 g/mol. The monoisotopic (exact) mass is 309 g/mol. The van der Waals surface area contributed by atoms with Crippen LogP contribution in [-0.2, 0) is 11.3 Å². The zero-order valence-electron chi connectivity index (χ0n) is 12.0. The van der Waals surface area contributed by atoms with Gasteiger partial charge in [-0.1, -0.05) is 16.8 Å². The quantitative estimate of drug-likeness (QED) is 0.940. The van der Waals surface area contributed by atoms with Gasteiger partial charge in [-0.25, -0.2) is 4.79 Å². The maximum atomic E-state index is 11.5. The van der Waals surface area contributed by atoms with Crippen LogP contribution in [0.5, 0.6) is 0 Å². The highest BCUT2D eigenvalue weighted by molar-refractivity contribution is 6.30. The molecule has 0 aliphatic rings. The number of nitrogens with one attached hydrogen (secondary N) is 1. The zero-order valence-corrected chi connectivity index (χ0v) is 12.8. The number of nitrogens with zero attached hydrogens (tertiary/aromatic N) is 2. The van der Waals surface area contributed by atoms with Gasteiger partial charge in [-0.05, 0) is 45.0 Å². The molecular formula is C14H16ClN3O3. The Balaban J connectivity index is 1.94. The molecule has 112 valence electrons. The van der Waals surface area contributed by atoms with E-state index in [1.807, 2.05) is 0 Å². The number of alkyl carbamates (subject to hydrolysis) is 1. The van der Waals surface area contributed by atoms with Crippen molar-refractivity contribution in [1.82, 2.24) is 15.5 Å². The van der Waals surface area contributed by atoms with Crippen LogP contribution in [0.15, 0.2) is 28.8 Å². The number of carbonyl (C=O) groups is 1. The van der Waals surface area contributed by atoms with Crippen LogP contribution in [-0.4, -0.2) is 21.8 Å². The van der Waals surface area contributed by atoms with E-state index < -0.39 is 11.7 Å². The van der Waals surface area contributed by atoms with E-state index in [1.54, 1.807) is 45.0 Å². The predicted molar refractivity (Wildman–Crippen MR) is 77.8 cm³/mol. The molecule has 0 aliphatic carbocycles. The summed E-state index contributed by atoms with van der Waals surface area (Å²) in [5.41, 5.74) is 0.236. The van der Waals surface area contributed by atoms with E-state index in [-0.39, 0.29) is 6.54 Å². The van der Waals surface area contributed by atoms with Crippen LogP contribution in [0.4, 0.5) is 4.79 Å². The summed E-state index contributed by atoms with van der Waals surface area (Å²) in [5, 5.41) is 7.03. The maximum Gasteiger partial charge on any atom is 0.408 e. The third-order valence-corrected chi connectivity index (χ3v) is 2.61. The molecule has 0 bridgehead atoms. The molecule has 0 saturated heterocycles. The van der Waals surface area contributed by atoms with Crippen molar-refractivity contribution < 1.29 is 14.1 Å². The molecule has 0 fully saturated rings. The summed E-state index contributed by atoms with van der Waals surface area (Å²) in [4.78, 5) is 15.7. The second-order valence-corrected chi connectivity index (χ2v) is 5.81. The first-order valence-electron chi connectivity index (χ1n) is 6.39. The number of ether oxygens (including phenoxy) is 1. The van der Waals surface area contributed by atoms with Gasteiger partial charge in [0.1, 0.15) is 12.1 Å². The number of aromatic nitrogens is 2. The Bertz CT molecular complexity index is 617. The van der Waals surface area contributed by atoms with Gasteiger partial charge in [0.25, 0.3) is 0 Å². The summed E-state index contributed by atoms with van der Waals surface area (Å²) in [5.74, 6) is 0.735. The second kappa shape index (κ2) is 6.13. The Kier molecular flexibility index (Phi) is 4.47. The van der Waals surface area contributed by atoms with Gasteiger partial charge < -0.3 is 14.6 Å². The number of carbonyl (C=O) groups excluding carboxylic acids is 1. The highest BCUT2D eigenvalue weighted by atomic mass is 35.5. The van der Waals surface area contributed by atoms with Crippen LogP contribution < -0.4 is 5.32 Å². The summed E-state index contributed by atoms with van der Waals surface area (Å²) in [6, 6.07) is 7.06. The van der Waals surface area contributed by atoms with E-state index in [9.17, 15) is 4.79 Å². The SMILES string of the molecule is CC(C)(C)OC(=O)NCc1nc(-c2ccc(Cl)cc2)no1. The van der Waals surface area contributed by atoms with Gasteiger partial charge >= 0.3 is 6.09 Å². The lowest BCUT2D eigenvalue weighted by atomic mass is 10.2. The van der Waals surface area contributed by atoms with Crippen LogP contribution in [0.2, 0.25) is 5.02 Å². The molecule has 1 N–H and O–H groups in total. The molecule has 0 atom stereocenters. The molecule has 2 rings (SSSR count). The third-order valence-electron chi connectivity index (χ3n) is 2.35. The molecule has 1 amide bonds. The summed E-state index contributed by atoms with van der Waals surface area (Å²) >= 11 is 5.82. The van der Waals surface area contributed by atoms with E-state index >= 15 is 0 Å². The van der Waals surface area contributed by atoms with Gasteiger partial charge in [0.2, 0.25) is 11.7 Å². The Morgan fingerprint density at radius 2 is 2.00 bits per heavy atom. The minimum atomic E-state index is -0.548. The van der Waals surface area contributed by atoms with E-state index in [0.717, 1.165) is 5.56 Å². The van der Waals surface area contributed by atoms with E-state index in [4.69, 9.17) is 20.9 Å². The van der Waals surface area contributed by atoms with Crippen molar-refractivity contribution in [3.05, 3.63) is 35.2 Å². The lowest BCUT2D eigenvalue weighted by Crippen LogP contribution is -2.32. The molecule has 0 saturated carbocycles. The van der Waals surface area contributed by atoms with Crippen molar-refractivity contribution in [3.63, 3.8) is 0 Å². The predicted octanol–water partition coefficient (Wildman–Crippen LogP) is 3.41. The molecule has 6 nitrogen and oxygen atoms in total. The molecule has 21 heavy (non-hydrogen) atoms. The Hall–Kier alpha value is -2.08. The highest BCUT2D eigenvalue weighted by Crippen LogP contribution is 2.18. The average Bonchev–Trinajstić information content (AvgIpc) is 2.84. The number of amides is 1. The molecule has 0 radical (unpaired) electrons. The number of hydrogen-bond donors (Lipinski definition) is 1. The fraction of sp³-hybridized carbons (Fsp3) is 0.357. The minimum absolute atomic E-state index is 0.107. The molecule has 1 aromatic carbocycles. The fourth-order valence-electron chi connectivity index (χ4n) is 1.50. The van der Waals surface area contributed by atoms with Crippen molar-refractivity contribution in [3.8, 4) is 11.4 Å². The van der Waals surface area contributed by atoms with Crippen molar-refractivity contribution in [2.45, 2.75) is 32.9 Å². The van der Waals surface area contributed by atoms with Crippen molar-refractivity contribution in [2.75, 3.05) is 0 Å². The summed E-state index contributed by atoms with van der Waals surface area (Å²) in [6.07, 6.45) is -0.534. The largest absolute Gasteiger partial charge is 0.444 e. The minimum Gasteiger partial charge on any atom is -0.444 e. The van der Waals surface area contributed by atoms with Crippen LogP contribution in [0.3, 0.4) is 0 Å². The highest BCUT2D eigenvalue weighted by Gasteiger charge is 2.17. The van der Waals surface area contributed by atoms with Gasteiger partial charge in [-0.3, -0.25) is 0 Å². The molecule has 1 aromatic heterocycles. The number of halogens is 1. The summed E-state index contributed by atoms with van der Waals surface area (Å²) in [7, 11) is 0. The van der Waals surface area contributed by atoms with Crippen LogP contribution in [0, 0.1) is 0 Å². The van der Waals surface area contributed by atoms with Crippen molar-refractivity contribution >= 4 is 17.7 Å². The van der Waals surface area contributed by atoms with Crippen LogP contribution >= 0.6 is 11.6 Å². The Labute approximate surface area is 127 Å². The topological polar surface area (TPSA) is 77.2 Å². The van der Waals surface area contributed by atoms with Gasteiger partial charge in [0.05, 0.1) is 0 Å². The number of benzene rings is 1. The van der Waals surface area contributed by atoms with Crippen molar-refractivity contribution in [2.24, 2.45) is 0 Å². The van der Waals surface area contributed by atoms with Crippen molar-refractivity contribution in [1.29, 1.82) is 0 Å². The standard InChI is InChI=1S/C14H16ClN3O3/c1-14(2,3)20-13(19)16-8-11-17-12(18-21-11)9-4-6-10(15)7-5-9/h4-7H,8H2,1-3H3,(H,16,19). The molecule has 0 unspecified atom stereocenters.